The number of rotatable bonds is 21. The Hall–Kier alpha value is -6.52. The lowest BCUT2D eigenvalue weighted by Crippen LogP contribution is -2.61. The minimum Gasteiger partial charge on any atom is -0.463 e. The average molecular weight is 1670 g/mol. The predicted molar refractivity (Wildman–Crippen MR) is 497 cm³/mol. The number of hydrogen-bond donors (Lipinski definition) is 0. The lowest BCUT2D eigenvalue weighted by molar-refractivity contribution is -0.141. The second-order valence-electron chi connectivity index (χ2n) is 41.2. The minimum absolute atomic E-state index is 0.00701. The Balaban J connectivity index is 0.000000127. The maximum Gasteiger partial charge on any atom is 0.330 e. The molecule has 15 heteroatoms. The van der Waals surface area contributed by atoms with Gasteiger partial charge in [-0.1, -0.05) is 207 Å². The van der Waals surface area contributed by atoms with E-state index in [9.17, 15) is 28.8 Å². The zero-order valence-corrected chi connectivity index (χ0v) is 76.0. The molecule has 6 aliphatic carbocycles. The van der Waals surface area contributed by atoms with Gasteiger partial charge in [0.1, 0.15) is 11.6 Å². The summed E-state index contributed by atoms with van der Waals surface area (Å²) in [5.41, 5.74) is 6.37. The van der Waals surface area contributed by atoms with Crippen molar-refractivity contribution in [2.75, 3.05) is 35.4 Å². The molecule has 4 aromatic rings. The number of carbonyl (C=O) groups excluding carboxylic acids is 6. The van der Waals surface area contributed by atoms with Crippen LogP contribution in [0.5, 0.6) is 0 Å². The number of hydrogen-bond acceptors (Lipinski definition) is 13. The lowest BCUT2D eigenvalue weighted by atomic mass is 9.68. The van der Waals surface area contributed by atoms with Crippen molar-refractivity contribution in [1.82, 2.24) is 24.5 Å². The molecule has 8 saturated heterocycles. The summed E-state index contributed by atoms with van der Waals surface area (Å²) in [4.78, 5) is 93.9. The van der Waals surface area contributed by atoms with Crippen molar-refractivity contribution in [1.29, 1.82) is 0 Å². The molecule has 6 unspecified atom stereocenters. The molecule has 2 amide bonds. The molecule has 14 fully saturated rings. The molecule has 8 heterocycles. The van der Waals surface area contributed by atoms with E-state index in [1.165, 1.54) is 289 Å². The first-order valence-corrected chi connectivity index (χ1v) is 50.3. The molecule has 8 aliphatic heterocycles. The number of piperidine rings is 8. The van der Waals surface area contributed by atoms with Crippen molar-refractivity contribution in [3.05, 3.63) is 132 Å². The van der Waals surface area contributed by atoms with Gasteiger partial charge in [-0.05, 0) is 259 Å². The van der Waals surface area contributed by atoms with Crippen LogP contribution in [0.15, 0.2) is 115 Å². The van der Waals surface area contributed by atoms with Crippen LogP contribution < -0.4 is 14.7 Å². The van der Waals surface area contributed by atoms with E-state index in [-0.39, 0.29) is 54.3 Å². The summed E-state index contributed by atoms with van der Waals surface area (Å²) in [7, 11) is 4.47. The first kappa shape index (κ1) is 90.3. The third-order valence-corrected chi connectivity index (χ3v) is 33.0. The molecular formula is C107H156N8O7. The zero-order chi connectivity index (χ0) is 84.4. The molecule has 4 aromatic carbocycles. The SMILES string of the molecule is CC(=O)CC(=O)N(Cc1ccccc1)C1C[C@H]2CCC[C@@H](C1)N2C1CCCCCCC1.CC(=O)CC(=O)N(c1ccccc1)C1C[C@H]2CCC[C@@H](C1)N2C1CCCCCCC1.CCOC(=O)/C=C/c1ccccc1N(C)C1C[C@H]2CCC[C@@H](C1)N2C1C[C@H]2CCC[C@@H](C1)C2.CN(c1ccccc1C=O)C1C[C@H]2CCC[C@@H](C1)N2C1C[C@H]2CCC[C@@H](C1)C2. The fourth-order valence-electron chi connectivity index (χ4n) is 27.9. The third kappa shape index (κ3) is 23.1. The Bertz CT molecular complexity index is 3930. The number of anilines is 3. The predicted octanol–water partition coefficient (Wildman–Crippen LogP) is 22.3. The Morgan fingerprint density at radius 1 is 0.352 bits per heavy atom. The van der Waals surface area contributed by atoms with Gasteiger partial charge in [0.15, 0.2) is 6.29 Å². The number of ether oxygens (including phenoxy) is 1. The fraction of sp³-hybridized carbons (Fsp3) is 0.701. The molecule has 18 rings (SSSR count). The van der Waals surface area contributed by atoms with E-state index in [1.807, 2.05) is 78.6 Å². The molecule has 18 atom stereocenters. The van der Waals surface area contributed by atoms with Crippen LogP contribution in [-0.4, -0.2) is 178 Å². The molecule has 0 radical (unpaired) electrons. The number of aldehydes is 1. The van der Waals surface area contributed by atoms with Gasteiger partial charge in [-0.15, -0.1) is 0 Å². The van der Waals surface area contributed by atoms with Gasteiger partial charge in [0.2, 0.25) is 11.8 Å². The highest BCUT2D eigenvalue weighted by Crippen LogP contribution is 2.51. The fourth-order valence-corrected chi connectivity index (χ4v) is 27.9. The van der Waals surface area contributed by atoms with Crippen LogP contribution in [0.1, 0.15) is 350 Å². The van der Waals surface area contributed by atoms with E-state index in [0.29, 0.717) is 49.4 Å². The number of ketones is 2. The standard InChI is InChI=1S/C29H42N2O2.C27H40N2O2.C26H38N2O2.C25H36N2O/c1-3-33-29(32)15-14-23-10-4-5-13-28(23)30(2)26-19-24-11-7-12-25(20-26)31(24)27-17-21-8-6-9-22(16-21)18-27;1-21(30)17-27(31)28(20-22-11-6-5-7-12-22)26-18-24-15-10-16-25(19-26)29(24)23-13-8-3-2-4-9-14-23;1-20(29)17-26(30)28(22-13-8-5-9-14-22)25-18-23-15-10-16-24(19-25)27(23)21-11-6-3-2-4-7-12-21;1-26(25-11-3-2-8-20(25)17-28)23-15-21-9-5-10-22(16-23)27(21)24-13-18-6-4-7-19(12-18)14-24/h4-5,10,13-15,21-22,24-27H,3,6-9,11-12,16-20H2,1-2H3;5-7,11-12,23-26H,2-4,8-10,13-20H2,1H3;5,8-9,13-14,21,23-25H,2-4,6-7,10-12,15-19H2,1H3;2-3,8,11,17-19,21-24H,4-7,9-10,12-16H2,1H3/b15-14+;;;/t21-,22+,24-,25+,26?,27?;24-,25+,26?;23-,24+,25?;18-,19+,21-,22+,23?,24?. The highest BCUT2D eigenvalue weighted by atomic mass is 16.5. The van der Waals surface area contributed by atoms with Crippen molar-refractivity contribution in [2.45, 2.75) is 432 Å². The molecule has 0 N–H and O–H groups in total. The maximum absolute atomic E-state index is 13.1. The second-order valence-corrected chi connectivity index (χ2v) is 41.2. The Kier molecular flexibility index (Phi) is 32.8. The van der Waals surface area contributed by atoms with Crippen LogP contribution >= 0.6 is 0 Å². The molecule has 0 spiro atoms. The van der Waals surface area contributed by atoms with E-state index in [2.05, 4.69) is 96.9 Å². The normalized spacial score (nSPS) is 32.0. The van der Waals surface area contributed by atoms with Crippen LogP contribution in [0, 0.1) is 23.7 Å². The first-order chi connectivity index (χ1) is 59.6. The quantitative estimate of drug-likeness (QED) is 0.0339. The van der Waals surface area contributed by atoms with Crippen LogP contribution in [-0.2, 0) is 35.3 Å². The lowest BCUT2D eigenvalue weighted by Gasteiger charge is -2.56. The summed E-state index contributed by atoms with van der Waals surface area (Å²) in [6.07, 6.45) is 67.0. The van der Waals surface area contributed by atoms with Gasteiger partial charge in [0, 0.05) is 146 Å². The Labute approximate surface area is 735 Å². The molecule has 122 heavy (non-hydrogen) atoms. The van der Waals surface area contributed by atoms with Crippen molar-refractivity contribution in [3.63, 3.8) is 0 Å². The van der Waals surface area contributed by atoms with Gasteiger partial charge in [-0.25, -0.2) is 4.79 Å². The van der Waals surface area contributed by atoms with Crippen LogP contribution in [0.4, 0.5) is 17.1 Å². The molecule has 14 aliphatic rings. The maximum atomic E-state index is 13.1. The second kappa shape index (κ2) is 44.3. The van der Waals surface area contributed by atoms with Gasteiger partial charge in [-0.3, -0.25) is 43.6 Å². The van der Waals surface area contributed by atoms with Crippen LogP contribution in [0.2, 0.25) is 0 Å². The first-order valence-electron chi connectivity index (χ1n) is 50.3. The summed E-state index contributed by atoms with van der Waals surface area (Å²) >= 11 is 0. The highest BCUT2D eigenvalue weighted by Gasteiger charge is 2.50. The smallest absolute Gasteiger partial charge is 0.330 e. The number of fused-ring (bicyclic) bond motifs is 12. The van der Waals surface area contributed by atoms with E-state index in [4.69, 9.17) is 4.74 Å². The van der Waals surface area contributed by atoms with Crippen molar-refractivity contribution >= 4 is 58.8 Å². The summed E-state index contributed by atoms with van der Waals surface area (Å²) in [6.45, 7) is 5.93. The average Bonchev–Trinajstić information content (AvgIpc) is 0.775. The number of amides is 2. The number of carbonyl (C=O) groups is 6. The largest absolute Gasteiger partial charge is 0.463 e. The van der Waals surface area contributed by atoms with Crippen molar-refractivity contribution in [2.24, 2.45) is 23.7 Å². The highest BCUT2D eigenvalue weighted by molar-refractivity contribution is 6.05. The number of esters is 1. The van der Waals surface area contributed by atoms with Gasteiger partial charge in [0.05, 0.1) is 19.4 Å². The van der Waals surface area contributed by atoms with Crippen molar-refractivity contribution in [3.8, 4) is 0 Å². The van der Waals surface area contributed by atoms with Gasteiger partial charge in [-0.2, -0.15) is 0 Å². The van der Waals surface area contributed by atoms with Crippen molar-refractivity contribution < 1.29 is 33.5 Å². The van der Waals surface area contributed by atoms with E-state index < -0.39 is 0 Å². The number of para-hydroxylation sites is 3. The Morgan fingerprint density at radius 2 is 0.689 bits per heavy atom. The number of Topliss-reactive ketones (excluding diaryl/α,β-unsaturated/α-hetero) is 2. The summed E-state index contributed by atoms with van der Waals surface area (Å²) < 4.78 is 5.08. The monoisotopic (exact) mass is 1670 g/mol. The van der Waals surface area contributed by atoms with Gasteiger partial charge >= 0.3 is 5.97 Å². The summed E-state index contributed by atoms with van der Waals surface area (Å²) in [5.74, 6) is 3.66. The van der Waals surface area contributed by atoms with Gasteiger partial charge < -0.3 is 24.3 Å². The molecular weight excluding hydrogens is 1510 g/mol. The molecule has 12 bridgehead atoms. The number of nitrogens with zero attached hydrogens (tertiary/aromatic N) is 8. The summed E-state index contributed by atoms with van der Waals surface area (Å²) in [6, 6.07) is 47.1. The third-order valence-electron chi connectivity index (χ3n) is 33.0. The summed E-state index contributed by atoms with van der Waals surface area (Å²) in [5, 5.41) is 0. The number of benzene rings is 4. The molecule has 0 aromatic heterocycles. The topological polar surface area (TPSA) is 138 Å². The molecule has 6 saturated carbocycles. The molecule has 15 nitrogen and oxygen atoms in total. The van der Waals surface area contributed by atoms with E-state index in [1.54, 1.807) is 6.08 Å². The van der Waals surface area contributed by atoms with E-state index >= 15 is 0 Å². The minimum atomic E-state index is -0.268. The van der Waals surface area contributed by atoms with Gasteiger partial charge in [0.25, 0.3) is 0 Å². The Morgan fingerprint density at radius 3 is 1.10 bits per heavy atom. The van der Waals surface area contributed by atoms with Crippen LogP contribution in [0.25, 0.3) is 6.08 Å². The van der Waals surface area contributed by atoms with E-state index in [0.717, 1.165) is 132 Å². The molecule has 666 valence electrons. The van der Waals surface area contributed by atoms with Crippen LogP contribution in [0.3, 0.4) is 0 Å². The zero-order valence-electron chi connectivity index (χ0n) is 76.0.